The number of rotatable bonds is 21. The molecule has 16 heteroatoms. The number of methoxy groups -OCH3 is 3. The van der Waals surface area contributed by atoms with E-state index >= 15 is 0 Å². The molecule has 0 radical (unpaired) electrons. The Morgan fingerprint density at radius 2 is 0.567 bits per heavy atom. The van der Waals surface area contributed by atoms with Crippen LogP contribution in [0.1, 0.15) is 68.5 Å². The van der Waals surface area contributed by atoms with Crippen molar-refractivity contribution in [2.75, 3.05) is 62.1 Å². The second-order valence-electron chi connectivity index (χ2n) is 23.1. The lowest BCUT2D eigenvalue weighted by atomic mass is 10.0. The third-order valence-electron chi connectivity index (χ3n) is 17.5. The molecule has 0 spiro atoms. The predicted molar refractivity (Wildman–Crippen MR) is 391 cm³/mol. The highest BCUT2D eigenvalue weighted by molar-refractivity contribution is 6.15. The lowest BCUT2D eigenvalue weighted by Gasteiger charge is -2.25. The smallest absolute Gasteiger partial charge is 0.261 e. The average molecular weight is 1280 g/mol. The van der Waals surface area contributed by atoms with Crippen molar-refractivity contribution >= 4 is 118 Å². The maximum Gasteiger partial charge on any atom is 0.261 e. The molecule has 0 N–H and O–H groups in total. The van der Waals surface area contributed by atoms with Crippen LogP contribution in [-0.2, 0) is 19.3 Å². The highest BCUT2D eigenvalue weighted by Gasteiger charge is 2.28. The van der Waals surface area contributed by atoms with Crippen molar-refractivity contribution in [1.82, 2.24) is 0 Å². The number of para-hydroxylation sites is 3. The Morgan fingerprint density at radius 3 is 0.825 bits per heavy atom. The van der Waals surface area contributed by atoms with E-state index in [-0.39, 0.29) is 17.7 Å². The predicted octanol–water partition coefficient (Wildman–Crippen LogP) is 21.4. The number of anilines is 6. The van der Waals surface area contributed by atoms with Crippen LogP contribution < -0.4 is 33.8 Å². The van der Waals surface area contributed by atoms with Gasteiger partial charge in [-0.3, -0.25) is 14.4 Å². The van der Waals surface area contributed by atoms with E-state index in [0.717, 1.165) is 102 Å². The molecule has 0 saturated heterocycles. The minimum Gasteiger partial charge on any atom is -0.494 e. The summed E-state index contributed by atoms with van der Waals surface area (Å²) in [5.41, 5.74) is 11.9. The van der Waals surface area contributed by atoms with E-state index in [9.17, 15) is 14.4 Å². The van der Waals surface area contributed by atoms with Gasteiger partial charge in [-0.15, -0.1) is 15.3 Å². The van der Waals surface area contributed by atoms with Gasteiger partial charge in [0.05, 0.1) is 55.1 Å². The molecule has 0 bridgehead atoms. The van der Waals surface area contributed by atoms with Crippen LogP contribution in [0.4, 0.5) is 68.2 Å². The molecular weight excluding hydrogens is 1210 g/mol. The molecule has 0 aliphatic heterocycles. The van der Waals surface area contributed by atoms with Crippen LogP contribution in [0.25, 0.3) is 32.3 Å². The summed E-state index contributed by atoms with van der Waals surface area (Å²) in [4.78, 5) is 50.5. The van der Waals surface area contributed by atoms with Gasteiger partial charge in [-0.1, -0.05) is 148 Å². The van der Waals surface area contributed by atoms with Crippen LogP contribution in [0, 0.1) is 0 Å². The molecular formula is C81H72N10O6. The monoisotopic (exact) mass is 1280 g/mol. The van der Waals surface area contributed by atoms with Gasteiger partial charge in [0.2, 0.25) is 0 Å². The normalized spacial score (nSPS) is 11.5. The molecule has 16 nitrogen and oxygen atoms in total. The Balaban J connectivity index is 0.899. The quantitative estimate of drug-likeness (QED) is 0.0646. The molecule has 0 heterocycles. The minimum atomic E-state index is -0.244. The van der Waals surface area contributed by atoms with Gasteiger partial charge >= 0.3 is 0 Å². The third kappa shape index (κ3) is 13.1. The zero-order valence-electron chi connectivity index (χ0n) is 55.6. The molecule has 0 unspecified atom stereocenters. The Bertz CT molecular complexity index is 4530. The number of fused-ring (bicyclic) bond motifs is 3. The van der Waals surface area contributed by atoms with E-state index in [1.807, 2.05) is 237 Å². The summed E-state index contributed by atoms with van der Waals surface area (Å²) in [7, 11) is 9.94. The molecule has 0 fully saturated rings. The summed E-state index contributed by atoms with van der Waals surface area (Å²) in [6.45, 7) is 6.20. The first-order valence-corrected chi connectivity index (χ1v) is 32.1. The van der Waals surface area contributed by atoms with Crippen LogP contribution >= 0.6 is 0 Å². The molecule has 97 heavy (non-hydrogen) atoms. The number of hydrogen-bond donors (Lipinski definition) is 0. The summed E-state index contributed by atoms with van der Waals surface area (Å²) in [5, 5.41) is 33.5. The van der Waals surface area contributed by atoms with E-state index in [2.05, 4.69) is 25.7 Å². The van der Waals surface area contributed by atoms with Gasteiger partial charge in [-0.05, 0) is 161 Å². The van der Waals surface area contributed by atoms with Crippen LogP contribution in [-0.4, -0.2) is 60.2 Å². The zero-order valence-corrected chi connectivity index (χ0v) is 55.6. The molecule has 12 aromatic rings. The van der Waals surface area contributed by atoms with E-state index in [1.54, 1.807) is 57.2 Å². The molecule has 12 rings (SSSR count). The van der Waals surface area contributed by atoms with Crippen LogP contribution in [0.3, 0.4) is 0 Å². The number of carbonyl (C=O) groups is 3. The Kier molecular flexibility index (Phi) is 19.4. The van der Waals surface area contributed by atoms with Crippen molar-refractivity contribution < 1.29 is 28.6 Å². The highest BCUT2D eigenvalue weighted by Crippen LogP contribution is 2.46. The van der Waals surface area contributed by atoms with Gasteiger partial charge in [0.25, 0.3) is 17.7 Å². The van der Waals surface area contributed by atoms with Crippen molar-refractivity contribution in [1.29, 1.82) is 0 Å². The van der Waals surface area contributed by atoms with Crippen molar-refractivity contribution in [2.24, 2.45) is 30.7 Å². The number of ether oxygens (including phenoxy) is 3. The molecule has 0 aromatic heterocycles. The van der Waals surface area contributed by atoms with Gasteiger partial charge < -0.3 is 33.8 Å². The Labute approximate surface area is 564 Å². The summed E-state index contributed by atoms with van der Waals surface area (Å²) >= 11 is 0. The van der Waals surface area contributed by atoms with Gasteiger partial charge in [-0.25, -0.2) is 0 Å². The van der Waals surface area contributed by atoms with Crippen molar-refractivity contribution in [2.45, 2.75) is 40.0 Å². The lowest BCUT2D eigenvalue weighted by Crippen LogP contribution is -2.27. The van der Waals surface area contributed by atoms with Crippen LogP contribution in [0.5, 0.6) is 17.2 Å². The number of carbonyl (C=O) groups excluding carboxylic acids is 3. The number of hydrogen-bond acceptors (Lipinski definition) is 13. The van der Waals surface area contributed by atoms with E-state index in [4.69, 9.17) is 44.9 Å². The maximum atomic E-state index is 14.5. The zero-order chi connectivity index (χ0) is 67.7. The number of aryl methyl sites for hydroxylation is 3. The molecule has 12 aromatic carbocycles. The van der Waals surface area contributed by atoms with E-state index in [0.29, 0.717) is 68.1 Å². The maximum absolute atomic E-state index is 14.5. The number of azo groups is 3. The summed E-state index contributed by atoms with van der Waals surface area (Å²) < 4.78 is 18.1. The molecule has 482 valence electrons. The standard InChI is InChI=1S/C81H72N10O6/c1-10-52-25-16-22-34-70(52)88(4)79(92)67-49-55-28-13-19-31-64(55)73(76(67)95-7)85-82-58-37-43-61(44-38-58)91(62-45-39-59(40-46-62)83-86-74-65-32-20-14-29-56(65)50-68(77(74)96-8)80(93)89(5)71-35-23-17-26-53(71)11-2)63-47-41-60(42-48-63)84-87-75-66-33-21-15-30-57(66)51-69(78(75)97-9)81(94)90(6)72-36-24-18-27-54(72)12-3/h13-51H,10-12H2,1-9H3. The molecule has 3 amide bonds. The highest BCUT2D eigenvalue weighted by atomic mass is 16.5. The number of amides is 3. The summed E-state index contributed by atoms with van der Waals surface area (Å²) in [6.07, 6.45) is 2.27. The second kappa shape index (κ2) is 29.0. The third-order valence-corrected chi connectivity index (χ3v) is 17.5. The lowest BCUT2D eigenvalue weighted by molar-refractivity contribution is 0.0982. The summed E-state index contributed by atoms with van der Waals surface area (Å²) in [6, 6.07) is 75.4. The first-order valence-electron chi connectivity index (χ1n) is 32.1. The second-order valence-corrected chi connectivity index (χ2v) is 23.1. The number of benzene rings is 12. The molecule has 0 saturated carbocycles. The Morgan fingerprint density at radius 1 is 0.320 bits per heavy atom. The number of nitrogens with zero attached hydrogens (tertiary/aromatic N) is 10. The van der Waals surface area contributed by atoms with Crippen LogP contribution in [0.2, 0.25) is 0 Å². The largest absolute Gasteiger partial charge is 0.494 e. The first kappa shape index (κ1) is 64.9. The minimum absolute atomic E-state index is 0.244. The van der Waals surface area contributed by atoms with Crippen molar-refractivity contribution in [3.63, 3.8) is 0 Å². The van der Waals surface area contributed by atoms with Crippen molar-refractivity contribution in [3.8, 4) is 17.2 Å². The van der Waals surface area contributed by atoms with Gasteiger partial charge in [-0.2, -0.15) is 15.3 Å². The van der Waals surface area contributed by atoms with Gasteiger partial charge in [0.15, 0.2) is 17.2 Å². The van der Waals surface area contributed by atoms with Gasteiger partial charge in [0, 0.05) is 71.4 Å². The summed E-state index contributed by atoms with van der Waals surface area (Å²) in [5.74, 6) is 0.195. The topological polar surface area (TPSA) is 166 Å². The first-order chi connectivity index (χ1) is 47.4. The van der Waals surface area contributed by atoms with Crippen LogP contribution in [0.15, 0.2) is 267 Å². The van der Waals surface area contributed by atoms with E-state index in [1.165, 1.54) is 0 Å². The molecule has 0 aliphatic rings. The fourth-order valence-electron chi connectivity index (χ4n) is 12.4. The average Bonchev–Trinajstić information content (AvgIpc) is 0.790. The molecule has 0 atom stereocenters. The SMILES string of the molecule is CCc1ccccc1N(C)C(=O)c1cc2ccccc2c(N=Nc2ccc(N(c3ccc(N=Nc4c(OC)c(C(=O)N(C)c5ccccc5CC)cc5ccccc45)cc3)c3ccc(N=Nc4c(OC)c(C(=O)N(C)c5ccccc5CC)cc5ccccc45)cc3)cc2)c1OC. The van der Waals surface area contributed by atoms with E-state index < -0.39 is 0 Å². The van der Waals surface area contributed by atoms with Crippen molar-refractivity contribution in [3.05, 3.63) is 270 Å². The van der Waals surface area contributed by atoms with Gasteiger partial charge in [0.1, 0.15) is 17.1 Å². The fraction of sp³-hybridized carbons (Fsp3) is 0.148. The fourth-order valence-corrected chi connectivity index (χ4v) is 12.4. The Hall–Kier alpha value is -12.2. The molecule has 0 aliphatic carbocycles.